The van der Waals surface area contributed by atoms with Crippen LogP contribution < -0.4 is 5.32 Å². The van der Waals surface area contributed by atoms with Crippen molar-refractivity contribution in [1.82, 2.24) is 9.62 Å². The molecule has 1 heterocycles. The molecule has 0 radical (unpaired) electrons. The lowest BCUT2D eigenvalue weighted by Crippen LogP contribution is -2.56. The van der Waals surface area contributed by atoms with Crippen LogP contribution in [-0.2, 0) is 24.3 Å². The van der Waals surface area contributed by atoms with E-state index in [2.05, 4.69) is 5.32 Å². The largest absolute Gasteiger partial charge is 0.464 e. The van der Waals surface area contributed by atoms with Crippen LogP contribution in [0, 0.1) is 0 Å². The Hall–Kier alpha value is -1.68. The lowest BCUT2D eigenvalue weighted by atomic mass is 9.81. The van der Waals surface area contributed by atoms with E-state index in [9.17, 15) is 18.0 Å². The van der Waals surface area contributed by atoms with Crippen molar-refractivity contribution in [2.75, 3.05) is 32.9 Å². The van der Waals surface area contributed by atoms with E-state index in [4.69, 9.17) is 21.1 Å². The molecule has 1 aromatic carbocycles. The molecule has 10 heteroatoms. The van der Waals surface area contributed by atoms with Gasteiger partial charge in [-0.15, -0.1) is 0 Å². The standard InChI is InChI=1S/C20H27ClN2O6S/c1-2-29-19(25)20(8-4-3-5-9-20)22-18(24)16-14-15(6-7-17(16)21)30(26,27)23-10-12-28-13-11-23/h6-7,14H,2-5,8-13H2,1H3,(H,22,24). The van der Waals surface area contributed by atoms with E-state index in [0.29, 0.717) is 26.1 Å². The minimum Gasteiger partial charge on any atom is -0.464 e. The van der Waals surface area contributed by atoms with Gasteiger partial charge in [0.1, 0.15) is 5.54 Å². The number of halogens is 1. The minimum absolute atomic E-state index is 0.0141. The van der Waals surface area contributed by atoms with Gasteiger partial charge < -0.3 is 14.8 Å². The van der Waals surface area contributed by atoms with Gasteiger partial charge in [0.25, 0.3) is 5.91 Å². The van der Waals surface area contributed by atoms with Crippen LogP contribution in [0.2, 0.25) is 5.02 Å². The predicted octanol–water partition coefficient (Wildman–Crippen LogP) is 2.36. The van der Waals surface area contributed by atoms with Gasteiger partial charge in [-0.2, -0.15) is 4.31 Å². The summed E-state index contributed by atoms with van der Waals surface area (Å²) in [4.78, 5) is 25.7. The quantitative estimate of drug-likeness (QED) is 0.656. The smallest absolute Gasteiger partial charge is 0.331 e. The Bertz CT molecular complexity index is 893. The zero-order valence-electron chi connectivity index (χ0n) is 17.0. The van der Waals surface area contributed by atoms with Gasteiger partial charge in [-0.05, 0) is 38.0 Å². The number of amides is 1. The fourth-order valence-electron chi connectivity index (χ4n) is 3.86. The predicted molar refractivity (Wildman–Crippen MR) is 111 cm³/mol. The highest BCUT2D eigenvalue weighted by atomic mass is 35.5. The van der Waals surface area contributed by atoms with Crippen LogP contribution in [0.25, 0.3) is 0 Å². The van der Waals surface area contributed by atoms with Crippen LogP contribution >= 0.6 is 11.6 Å². The van der Waals surface area contributed by atoms with Gasteiger partial charge in [-0.25, -0.2) is 13.2 Å². The first-order chi connectivity index (χ1) is 14.3. The van der Waals surface area contributed by atoms with Crippen LogP contribution in [0.1, 0.15) is 49.4 Å². The third-order valence-electron chi connectivity index (χ3n) is 5.52. The second-order valence-corrected chi connectivity index (χ2v) is 9.82. The number of nitrogens with zero attached hydrogens (tertiary/aromatic N) is 1. The van der Waals surface area contributed by atoms with Gasteiger partial charge in [0.2, 0.25) is 10.0 Å². The molecule has 0 aromatic heterocycles. The first-order valence-electron chi connectivity index (χ1n) is 10.2. The molecule has 1 aromatic rings. The summed E-state index contributed by atoms with van der Waals surface area (Å²) in [6.07, 6.45) is 3.50. The molecular formula is C20H27ClN2O6S. The molecule has 0 bridgehead atoms. The maximum absolute atomic E-state index is 13.1. The highest BCUT2D eigenvalue weighted by molar-refractivity contribution is 7.89. The maximum atomic E-state index is 13.1. The molecule has 1 amide bonds. The van der Waals surface area contributed by atoms with Crippen molar-refractivity contribution in [1.29, 1.82) is 0 Å². The molecule has 166 valence electrons. The second kappa shape index (κ2) is 9.64. The van der Waals surface area contributed by atoms with Gasteiger partial charge in [-0.3, -0.25) is 4.79 Å². The fourth-order valence-corrected chi connectivity index (χ4v) is 5.50. The number of sulfonamides is 1. The lowest BCUT2D eigenvalue weighted by Gasteiger charge is -2.35. The van der Waals surface area contributed by atoms with Crippen LogP contribution in [-0.4, -0.2) is 63.0 Å². The van der Waals surface area contributed by atoms with E-state index in [1.54, 1.807) is 6.92 Å². The first-order valence-corrected chi connectivity index (χ1v) is 12.0. The average Bonchev–Trinajstić information content (AvgIpc) is 2.75. The first kappa shape index (κ1) is 23.0. The van der Waals surface area contributed by atoms with E-state index < -0.39 is 27.4 Å². The summed E-state index contributed by atoms with van der Waals surface area (Å²) in [6.45, 7) is 3.07. The molecule has 1 aliphatic carbocycles. The zero-order chi connectivity index (χ0) is 21.8. The van der Waals surface area contributed by atoms with E-state index in [1.165, 1.54) is 22.5 Å². The molecule has 1 saturated heterocycles. The Morgan fingerprint density at radius 2 is 1.87 bits per heavy atom. The number of ether oxygens (including phenoxy) is 2. The minimum atomic E-state index is -3.79. The molecule has 3 rings (SSSR count). The van der Waals surface area contributed by atoms with Gasteiger partial charge in [0, 0.05) is 13.1 Å². The third-order valence-corrected chi connectivity index (χ3v) is 7.74. The van der Waals surface area contributed by atoms with Crippen molar-refractivity contribution < 1.29 is 27.5 Å². The topological polar surface area (TPSA) is 102 Å². The van der Waals surface area contributed by atoms with Gasteiger partial charge in [0.15, 0.2) is 0 Å². The Balaban J connectivity index is 1.88. The molecule has 0 unspecified atom stereocenters. The normalized spacial score (nSPS) is 19.8. The number of nitrogens with one attached hydrogen (secondary N) is 1. The van der Waals surface area contributed by atoms with E-state index >= 15 is 0 Å². The highest BCUT2D eigenvalue weighted by Crippen LogP contribution is 2.31. The maximum Gasteiger partial charge on any atom is 0.331 e. The number of rotatable bonds is 6. The summed E-state index contributed by atoms with van der Waals surface area (Å²) in [5.74, 6) is -1.06. The lowest BCUT2D eigenvalue weighted by molar-refractivity contribution is -0.152. The summed E-state index contributed by atoms with van der Waals surface area (Å²) in [5, 5.41) is 2.92. The van der Waals surface area contributed by atoms with Crippen molar-refractivity contribution >= 4 is 33.5 Å². The average molecular weight is 459 g/mol. The molecule has 0 spiro atoms. The number of esters is 1. The third kappa shape index (κ3) is 4.80. The zero-order valence-corrected chi connectivity index (χ0v) is 18.6. The summed E-state index contributed by atoms with van der Waals surface area (Å²) in [5.41, 5.74) is -1.10. The van der Waals surface area contributed by atoms with Crippen molar-refractivity contribution in [3.63, 3.8) is 0 Å². The Labute approximate surface area is 181 Å². The van der Waals surface area contributed by atoms with Crippen LogP contribution in [0.3, 0.4) is 0 Å². The highest BCUT2D eigenvalue weighted by Gasteiger charge is 2.42. The monoisotopic (exact) mass is 458 g/mol. The molecule has 2 aliphatic rings. The fraction of sp³-hybridized carbons (Fsp3) is 0.600. The second-order valence-electron chi connectivity index (χ2n) is 7.48. The van der Waals surface area contributed by atoms with Crippen molar-refractivity contribution in [2.24, 2.45) is 0 Å². The molecular weight excluding hydrogens is 432 g/mol. The van der Waals surface area contributed by atoms with Crippen molar-refractivity contribution in [2.45, 2.75) is 49.5 Å². The Morgan fingerprint density at radius 3 is 2.50 bits per heavy atom. The number of morpholine rings is 1. The van der Waals surface area contributed by atoms with Crippen molar-refractivity contribution in [3.8, 4) is 0 Å². The molecule has 0 atom stereocenters. The van der Waals surface area contributed by atoms with Gasteiger partial charge in [0.05, 0.1) is 35.3 Å². The molecule has 1 N–H and O–H groups in total. The molecule has 2 fully saturated rings. The molecule has 8 nitrogen and oxygen atoms in total. The number of hydrogen-bond donors (Lipinski definition) is 1. The van der Waals surface area contributed by atoms with Gasteiger partial charge >= 0.3 is 5.97 Å². The summed E-state index contributed by atoms with van der Waals surface area (Å²) in [7, 11) is -3.79. The van der Waals surface area contributed by atoms with E-state index in [1.807, 2.05) is 0 Å². The summed E-state index contributed by atoms with van der Waals surface area (Å²) >= 11 is 6.23. The molecule has 1 aliphatic heterocycles. The molecule has 30 heavy (non-hydrogen) atoms. The van der Waals surface area contributed by atoms with Gasteiger partial charge in [-0.1, -0.05) is 30.9 Å². The molecule has 1 saturated carbocycles. The van der Waals surface area contributed by atoms with Crippen LogP contribution in [0.4, 0.5) is 0 Å². The summed E-state index contributed by atoms with van der Waals surface area (Å²) < 4.78 is 37.6. The van der Waals surface area contributed by atoms with E-state index in [0.717, 1.165) is 19.3 Å². The SMILES string of the molecule is CCOC(=O)C1(NC(=O)c2cc(S(=O)(=O)N3CCOCC3)ccc2Cl)CCCCC1. The number of benzene rings is 1. The number of hydrogen-bond acceptors (Lipinski definition) is 6. The number of carbonyl (C=O) groups is 2. The van der Waals surface area contributed by atoms with Crippen molar-refractivity contribution in [3.05, 3.63) is 28.8 Å². The number of carbonyl (C=O) groups excluding carboxylic acids is 2. The summed E-state index contributed by atoms with van der Waals surface area (Å²) in [6, 6.07) is 4.04. The van der Waals surface area contributed by atoms with Crippen LogP contribution in [0.5, 0.6) is 0 Å². The Kier molecular flexibility index (Phi) is 7.38. The van der Waals surface area contributed by atoms with E-state index in [-0.39, 0.29) is 35.2 Å². The Morgan fingerprint density at radius 1 is 1.20 bits per heavy atom. The van der Waals surface area contributed by atoms with Crippen LogP contribution in [0.15, 0.2) is 23.1 Å².